The lowest BCUT2D eigenvalue weighted by molar-refractivity contribution is 0.101. The minimum absolute atomic E-state index is 0.00801. The maximum atomic E-state index is 11.7. The van der Waals surface area contributed by atoms with Crippen molar-refractivity contribution >= 4 is 11.6 Å². The fourth-order valence-electron chi connectivity index (χ4n) is 1.20. The highest BCUT2D eigenvalue weighted by Gasteiger charge is 2.11. The number of aromatic nitrogens is 2. The third-order valence-corrected chi connectivity index (χ3v) is 1.92. The summed E-state index contributed by atoms with van der Waals surface area (Å²) in [6.45, 7) is 0. The van der Waals surface area contributed by atoms with Gasteiger partial charge in [-0.1, -0.05) is 0 Å². The molecule has 16 heavy (non-hydrogen) atoms. The first kappa shape index (κ1) is 10.1. The van der Waals surface area contributed by atoms with Crippen LogP contribution in [-0.2, 0) is 0 Å². The molecule has 0 aliphatic rings. The molecule has 5 nitrogen and oxygen atoms in total. The van der Waals surface area contributed by atoms with E-state index in [1.807, 2.05) is 0 Å². The number of anilines is 1. The zero-order valence-corrected chi connectivity index (χ0v) is 8.29. The number of hydrogen-bond donors (Lipinski definition) is 2. The minimum atomic E-state index is -0.467. The molecule has 5 heteroatoms. The van der Waals surface area contributed by atoms with E-state index in [9.17, 15) is 9.90 Å². The molecule has 0 aliphatic carbocycles. The number of carbonyl (C=O) groups excluding carboxylic acids is 1. The van der Waals surface area contributed by atoms with Gasteiger partial charge < -0.3 is 10.4 Å². The molecule has 2 aromatic heterocycles. The molecule has 80 valence electrons. The van der Waals surface area contributed by atoms with E-state index >= 15 is 0 Å². The molecule has 0 aromatic carbocycles. The van der Waals surface area contributed by atoms with Gasteiger partial charge in [-0.3, -0.25) is 9.78 Å². The summed E-state index contributed by atoms with van der Waals surface area (Å²) in [5.41, 5.74) is 0.545. The lowest BCUT2D eigenvalue weighted by atomic mass is 10.3. The molecule has 0 unspecified atom stereocenters. The predicted molar refractivity (Wildman–Crippen MR) is 58.1 cm³/mol. The number of nitrogens with one attached hydrogen (secondary N) is 1. The summed E-state index contributed by atoms with van der Waals surface area (Å²) in [7, 11) is 0. The maximum absolute atomic E-state index is 11.7. The average Bonchev–Trinajstić information content (AvgIpc) is 2.31. The molecule has 2 N–H and O–H groups in total. The molecule has 0 bridgehead atoms. The fourth-order valence-corrected chi connectivity index (χ4v) is 1.20. The van der Waals surface area contributed by atoms with Gasteiger partial charge in [-0.25, -0.2) is 4.98 Å². The first-order chi connectivity index (χ1) is 7.77. The zero-order chi connectivity index (χ0) is 11.4. The van der Waals surface area contributed by atoms with Gasteiger partial charge in [0.1, 0.15) is 5.75 Å². The van der Waals surface area contributed by atoms with E-state index in [1.54, 1.807) is 24.4 Å². The van der Waals surface area contributed by atoms with Crippen molar-refractivity contribution in [3.05, 3.63) is 48.5 Å². The number of hydrogen-bond acceptors (Lipinski definition) is 4. The quantitative estimate of drug-likeness (QED) is 0.794. The number of pyridine rings is 2. The van der Waals surface area contributed by atoms with Crippen molar-refractivity contribution in [1.29, 1.82) is 0 Å². The molecule has 2 heterocycles. The van der Waals surface area contributed by atoms with Crippen LogP contribution >= 0.6 is 0 Å². The lowest BCUT2D eigenvalue weighted by Crippen LogP contribution is -2.13. The Labute approximate surface area is 91.8 Å². The largest absolute Gasteiger partial charge is 0.505 e. The van der Waals surface area contributed by atoms with Gasteiger partial charge in [0.05, 0.1) is 11.9 Å². The van der Waals surface area contributed by atoms with E-state index in [2.05, 4.69) is 15.3 Å². The molecule has 2 rings (SSSR count). The van der Waals surface area contributed by atoms with Crippen LogP contribution in [0, 0.1) is 0 Å². The van der Waals surface area contributed by atoms with Crippen molar-refractivity contribution in [2.45, 2.75) is 0 Å². The Balaban J connectivity index is 2.19. The first-order valence-corrected chi connectivity index (χ1v) is 4.63. The summed E-state index contributed by atoms with van der Waals surface area (Å²) in [5.74, 6) is -0.616. The number of aromatic hydroxyl groups is 1. The Kier molecular flexibility index (Phi) is 2.77. The van der Waals surface area contributed by atoms with E-state index in [0.29, 0.717) is 5.69 Å². The van der Waals surface area contributed by atoms with Crippen LogP contribution in [-0.4, -0.2) is 21.0 Å². The van der Waals surface area contributed by atoms with Gasteiger partial charge in [0.25, 0.3) is 5.91 Å². The van der Waals surface area contributed by atoms with Gasteiger partial charge in [-0.15, -0.1) is 0 Å². The Hall–Kier alpha value is -2.43. The Morgan fingerprint density at radius 1 is 1.25 bits per heavy atom. The first-order valence-electron chi connectivity index (χ1n) is 4.63. The summed E-state index contributed by atoms with van der Waals surface area (Å²) in [6, 6.07) is 6.36. The third kappa shape index (κ3) is 2.14. The summed E-state index contributed by atoms with van der Waals surface area (Å²) in [6.07, 6.45) is 4.56. The summed E-state index contributed by atoms with van der Waals surface area (Å²) >= 11 is 0. The van der Waals surface area contributed by atoms with Crippen molar-refractivity contribution in [2.75, 3.05) is 5.32 Å². The van der Waals surface area contributed by atoms with Crippen LogP contribution in [0.3, 0.4) is 0 Å². The molecule has 1 amide bonds. The molecule has 0 atom stereocenters. The molecular formula is C11H9N3O2. The van der Waals surface area contributed by atoms with Gasteiger partial charge >= 0.3 is 0 Å². The van der Waals surface area contributed by atoms with Crippen LogP contribution < -0.4 is 5.32 Å². The van der Waals surface area contributed by atoms with Crippen molar-refractivity contribution in [2.24, 2.45) is 0 Å². The topological polar surface area (TPSA) is 75.1 Å². The molecule has 0 spiro atoms. The standard InChI is InChI=1S/C11H9N3O2/c15-9-4-2-6-13-10(9)11(16)14-8-3-1-5-12-7-8/h1-7,15H,(H,14,16). The number of rotatable bonds is 2. The van der Waals surface area contributed by atoms with Crippen LogP contribution in [0.2, 0.25) is 0 Å². The predicted octanol–water partition coefficient (Wildman–Crippen LogP) is 1.43. The van der Waals surface area contributed by atoms with Crippen molar-refractivity contribution in [3.8, 4) is 5.75 Å². The Morgan fingerprint density at radius 3 is 2.75 bits per heavy atom. The van der Waals surface area contributed by atoms with E-state index in [1.165, 1.54) is 18.5 Å². The molecule has 0 fully saturated rings. The van der Waals surface area contributed by atoms with Crippen molar-refractivity contribution in [1.82, 2.24) is 9.97 Å². The number of carbonyl (C=O) groups is 1. The molecule has 0 radical (unpaired) electrons. The number of amides is 1. The number of nitrogens with zero attached hydrogens (tertiary/aromatic N) is 2. The highest BCUT2D eigenvalue weighted by molar-refractivity contribution is 6.04. The van der Waals surface area contributed by atoms with Crippen molar-refractivity contribution in [3.63, 3.8) is 0 Å². The fraction of sp³-hybridized carbons (Fsp3) is 0. The molecule has 0 saturated carbocycles. The van der Waals surface area contributed by atoms with Gasteiger partial charge in [0.15, 0.2) is 5.69 Å². The second-order valence-electron chi connectivity index (χ2n) is 3.07. The van der Waals surface area contributed by atoms with Gasteiger partial charge in [-0.05, 0) is 24.3 Å². The normalized spacial score (nSPS) is 9.75. The van der Waals surface area contributed by atoms with E-state index < -0.39 is 5.91 Å². The highest BCUT2D eigenvalue weighted by atomic mass is 16.3. The second kappa shape index (κ2) is 4.39. The van der Waals surface area contributed by atoms with Crippen LogP contribution in [0.15, 0.2) is 42.9 Å². The molecule has 0 saturated heterocycles. The summed E-state index contributed by atoms with van der Waals surface area (Å²) < 4.78 is 0. The Bertz CT molecular complexity index is 500. The smallest absolute Gasteiger partial charge is 0.278 e. The Morgan fingerprint density at radius 2 is 2.06 bits per heavy atom. The van der Waals surface area contributed by atoms with Crippen LogP contribution in [0.25, 0.3) is 0 Å². The molecule has 2 aromatic rings. The van der Waals surface area contributed by atoms with Crippen LogP contribution in [0.1, 0.15) is 10.5 Å². The lowest BCUT2D eigenvalue weighted by Gasteiger charge is -2.04. The third-order valence-electron chi connectivity index (χ3n) is 1.92. The minimum Gasteiger partial charge on any atom is -0.505 e. The SMILES string of the molecule is O=C(Nc1cccnc1)c1ncccc1O. The van der Waals surface area contributed by atoms with E-state index in [-0.39, 0.29) is 11.4 Å². The average molecular weight is 215 g/mol. The van der Waals surface area contributed by atoms with Crippen molar-refractivity contribution < 1.29 is 9.90 Å². The second-order valence-corrected chi connectivity index (χ2v) is 3.07. The molecular weight excluding hydrogens is 206 g/mol. The summed E-state index contributed by atoms with van der Waals surface area (Å²) in [5, 5.41) is 12.0. The summed E-state index contributed by atoms with van der Waals surface area (Å²) in [4.78, 5) is 19.3. The van der Waals surface area contributed by atoms with E-state index in [4.69, 9.17) is 0 Å². The van der Waals surface area contributed by atoms with Crippen LogP contribution in [0.4, 0.5) is 5.69 Å². The maximum Gasteiger partial charge on any atom is 0.278 e. The van der Waals surface area contributed by atoms with Crippen LogP contribution in [0.5, 0.6) is 5.75 Å². The van der Waals surface area contributed by atoms with Gasteiger partial charge in [0, 0.05) is 12.4 Å². The van der Waals surface area contributed by atoms with E-state index in [0.717, 1.165) is 0 Å². The highest BCUT2D eigenvalue weighted by Crippen LogP contribution is 2.14. The zero-order valence-electron chi connectivity index (χ0n) is 8.29. The van der Waals surface area contributed by atoms with Gasteiger partial charge in [0.2, 0.25) is 0 Å². The van der Waals surface area contributed by atoms with Gasteiger partial charge in [-0.2, -0.15) is 0 Å². The monoisotopic (exact) mass is 215 g/mol. The molecule has 0 aliphatic heterocycles.